The van der Waals surface area contributed by atoms with Crippen LogP contribution in [0.5, 0.6) is 0 Å². The summed E-state index contributed by atoms with van der Waals surface area (Å²) in [5.74, 6) is 1.33. The minimum absolute atomic E-state index is 0.665. The first-order valence-electron chi connectivity index (χ1n) is 13.9. The monoisotopic (exact) mass is 650 g/mol. The second kappa shape index (κ2) is 10.7. The Morgan fingerprint density at radius 3 is 1.09 bits per heavy atom. The number of hydrogen-bond donors (Lipinski definition) is 0. The van der Waals surface area contributed by atoms with Crippen LogP contribution in [0.4, 0.5) is 11.4 Å². The largest absolute Gasteiger partial charge is 0.435 e. The molecule has 0 atom stereocenters. The van der Waals surface area contributed by atoms with Crippen LogP contribution in [0, 0.1) is 0 Å². The van der Waals surface area contributed by atoms with Gasteiger partial charge in [0, 0.05) is 81.0 Å². The van der Waals surface area contributed by atoms with Crippen LogP contribution in [-0.4, -0.2) is 38.2 Å². The van der Waals surface area contributed by atoms with Crippen LogP contribution in [0.2, 0.25) is 0 Å². The van der Waals surface area contributed by atoms with Gasteiger partial charge in [0.25, 0.3) is 0 Å². The van der Waals surface area contributed by atoms with E-state index in [1.54, 1.807) is 22.7 Å². The first-order valence-corrected chi connectivity index (χ1v) is 17.2. The zero-order valence-corrected chi connectivity index (χ0v) is 27.6. The molecule has 0 unspecified atom stereocenters. The van der Waals surface area contributed by atoms with E-state index < -0.39 is 0 Å². The van der Waals surface area contributed by atoms with Gasteiger partial charge in [-0.15, -0.1) is 45.3 Å². The molecule has 6 aromatic heterocycles. The second-order valence-corrected chi connectivity index (χ2v) is 15.1. The van der Waals surface area contributed by atoms with Crippen molar-refractivity contribution in [1.82, 2.24) is 9.97 Å². The van der Waals surface area contributed by atoms with E-state index in [1.165, 1.54) is 29.3 Å². The molecule has 0 aliphatic heterocycles. The third kappa shape index (κ3) is 4.93. The molecule has 0 spiro atoms. The Bertz CT molecular complexity index is 2120. The Labute approximate surface area is 270 Å². The summed E-state index contributed by atoms with van der Waals surface area (Å²) in [5.41, 5.74) is 5.54. The zero-order chi connectivity index (χ0) is 29.9. The normalized spacial score (nSPS) is 11.6. The van der Waals surface area contributed by atoms with Gasteiger partial charge in [0.2, 0.25) is 11.8 Å². The highest BCUT2D eigenvalue weighted by Crippen LogP contribution is 2.45. The molecule has 0 amide bonds. The lowest BCUT2D eigenvalue weighted by Crippen LogP contribution is -2.07. The van der Waals surface area contributed by atoms with E-state index in [1.807, 2.05) is 75.1 Å². The zero-order valence-electron chi connectivity index (χ0n) is 24.3. The van der Waals surface area contributed by atoms with Gasteiger partial charge in [0.1, 0.15) is 11.0 Å². The topological polar surface area (TPSA) is 58.5 Å². The van der Waals surface area contributed by atoms with E-state index in [4.69, 9.17) is 18.8 Å². The Hall–Kier alpha value is -4.22. The van der Waals surface area contributed by atoms with E-state index in [0.717, 1.165) is 43.3 Å². The predicted octanol–water partition coefficient (Wildman–Crippen LogP) is 10.7. The van der Waals surface area contributed by atoms with Gasteiger partial charge in [-0.05, 0) is 72.8 Å². The van der Waals surface area contributed by atoms with E-state index in [2.05, 4.69) is 70.5 Å². The van der Waals surface area contributed by atoms with Crippen molar-refractivity contribution >= 4 is 78.9 Å². The van der Waals surface area contributed by atoms with Crippen LogP contribution in [-0.2, 0) is 0 Å². The molecule has 10 heteroatoms. The molecule has 0 aliphatic rings. The van der Waals surface area contributed by atoms with Gasteiger partial charge in [-0.25, -0.2) is 9.97 Å². The summed E-state index contributed by atoms with van der Waals surface area (Å²) in [6.45, 7) is 0. The standard InChI is InChI=1S/C34H26N4O2S4/c1-37(2)19-5-7-21-23(17-19)39-33(35-21)31-15-13-29(43-31)27-11-9-25(41-27)26-10-12-28(42-26)30-14-16-32(44-30)34-36-22-8-6-20(38(3)4)18-24(22)40-34/h5-18H,1-4H3. The second-order valence-electron chi connectivity index (χ2n) is 10.8. The number of nitrogens with zero attached hydrogens (tertiary/aromatic N) is 4. The molecule has 0 saturated carbocycles. The molecule has 0 radical (unpaired) electrons. The fraction of sp³-hybridized carbons (Fsp3) is 0.118. The molecule has 6 nitrogen and oxygen atoms in total. The van der Waals surface area contributed by atoms with Crippen molar-refractivity contribution in [3.63, 3.8) is 0 Å². The van der Waals surface area contributed by atoms with Gasteiger partial charge in [-0.3, -0.25) is 0 Å². The maximum atomic E-state index is 6.14. The van der Waals surface area contributed by atoms with Crippen molar-refractivity contribution in [3.05, 3.63) is 84.9 Å². The summed E-state index contributed by atoms with van der Waals surface area (Å²) in [7, 11) is 8.10. The summed E-state index contributed by atoms with van der Waals surface area (Å²) < 4.78 is 12.3. The predicted molar refractivity (Wildman–Crippen MR) is 189 cm³/mol. The third-order valence-corrected chi connectivity index (χ3v) is 12.3. The third-order valence-electron chi connectivity index (χ3n) is 7.35. The number of oxazole rings is 2. The summed E-state index contributed by atoms with van der Waals surface area (Å²) >= 11 is 7.05. The van der Waals surface area contributed by atoms with E-state index in [0.29, 0.717) is 11.8 Å². The number of aromatic nitrogens is 2. The lowest BCUT2D eigenvalue weighted by molar-refractivity contribution is 0.621. The number of hydrogen-bond acceptors (Lipinski definition) is 10. The molecule has 0 bridgehead atoms. The fourth-order valence-corrected chi connectivity index (χ4v) is 9.12. The molecule has 0 N–H and O–H groups in total. The Kier molecular flexibility index (Phi) is 6.67. The Morgan fingerprint density at radius 2 is 0.750 bits per heavy atom. The summed E-state index contributed by atoms with van der Waals surface area (Å²) in [4.78, 5) is 23.1. The van der Waals surface area contributed by atoms with Crippen LogP contribution in [0.3, 0.4) is 0 Å². The molecule has 8 aromatic rings. The van der Waals surface area contributed by atoms with Crippen molar-refractivity contribution in [3.8, 4) is 50.8 Å². The fourth-order valence-electron chi connectivity index (χ4n) is 4.97. The lowest BCUT2D eigenvalue weighted by atomic mass is 10.3. The van der Waals surface area contributed by atoms with Crippen LogP contribution in [0.25, 0.3) is 73.0 Å². The minimum Gasteiger partial charge on any atom is -0.435 e. The van der Waals surface area contributed by atoms with E-state index >= 15 is 0 Å². The number of anilines is 2. The van der Waals surface area contributed by atoms with Crippen molar-refractivity contribution in [1.29, 1.82) is 0 Å². The molecule has 8 rings (SSSR count). The highest BCUT2D eigenvalue weighted by atomic mass is 32.1. The van der Waals surface area contributed by atoms with Gasteiger partial charge in [0.05, 0.1) is 9.75 Å². The van der Waals surface area contributed by atoms with Crippen molar-refractivity contribution in [2.75, 3.05) is 38.0 Å². The molecule has 0 fully saturated rings. The summed E-state index contributed by atoms with van der Waals surface area (Å²) in [6, 6.07) is 29.6. The number of thiophene rings is 4. The number of fused-ring (bicyclic) bond motifs is 2. The summed E-state index contributed by atoms with van der Waals surface area (Å²) in [6.07, 6.45) is 0. The molecule has 6 heterocycles. The average Bonchev–Trinajstić information content (AvgIpc) is 3.86. The van der Waals surface area contributed by atoms with Crippen LogP contribution >= 0.6 is 45.3 Å². The molecular weight excluding hydrogens is 625 g/mol. The number of benzene rings is 2. The van der Waals surface area contributed by atoms with Crippen LogP contribution < -0.4 is 9.80 Å². The van der Waals surface area contributed by atoms with Gasteiger partial charge in [0.15, 0.2) is 11.2 Å². The Morgan fingerprint density at radius 1 is 0.432 bits per heavy atom. The molecule has 44 heavy (non-hydrogen) atoms. The highest BCUT2D eigenvalue weighted by molar-refractivity contribution is 7.29. The number of rotatable bonds is 7. The van der Waals surface area contributed by atoms with Gasteiger partial charge in [-0.1, -0.05) is 0 Å². The molecule has 218 valence electrons. The van der Waals surface area contributed by atoms with Crippen LogP contribution in [0.15, 0.2) is 93.8 Å². The van der Waals surface area contributed by atoms with Crippen molar-refractivity contribution < 1.29 is 8.83 Å². The van der Waals surface area contributed by atoms with Gasteiger partial charge in [-0.2, -0.15) is 0 Å². The average molecular weight is 651 g/mol. The first kappa shape index (κ1) is 27.3. The quantitative estimate of drug-likeness (QED) is 0.171. The molecule has 0 saturated heterocycles. The van der Waals surface area contributed by atoms with Crippen molar-refractivity contribution in [2.45, 2.75) is 0 Å². The smallest absolute Gasteiger partial charge is 0.237 e. The maximum absolute atomic E-state index is 6.14. The molecular formula is C34H26N4O2S4. The van der Waals surface area contributed by atoms with Gasteiger partial charge >= 0.3 is 0 Å². The first-order chi connectivity index (χ1) is 21.4. The summed E-state index contributed by atoms with van der Waals surface area (Å²) in [5, 5.41) is 0. The lowest BCUT2D eigenvalue weighted by Gasteiger charge is -2.10. The van der Waals surface area contributed by atoms with E-state index in [9.17, 15) is 0 Å². The van der Waals surface area contributed by atoms with E-state index in [-0.39, 0.29) is 0 Å². The van der Waals surface area contributed by atoms with Crippen molar-refractivity contribution in [2.24, 2.45) is 0 Å². The minimum atomic E-state index is 0.665. The van der Waals surface area contributed by atoms with Gasteiger partial charge < -0.3 is 18.6 Å². The SMILES string of the molecule is CN(C)c1ccc2nc(-c3ccc(-c4ccc(-c5ccc(-c6ccc(-c7nc8ccc(N(C)C)cc8o7)s6)s5)s4)s3)oc2c1. The highest BCUT2D eigenvalue weighted by Gasteiger charge is 2.17. The van der Waals surface area contributed by atoms with Crippen LogP contribution in [0.1, 0.15) is 0 Å². The maximum Gasteiger partial charge on any atom is 0.237 e. The Balaban J connectivity index is 1.01. The molecule has 2 aromatic carbocycles. The molecule has 0 aliphatic carbocycles.